The molecule has 0 atom stereocenters. The molecule has 0 N–H and O–H groups in total. The fraction of sp³-hybridized carbons (Fsp3) is 0.259. The van der Waals surface area contributed by atoms with Gasteiger partial charge in [0.05, 0.1) is 12.2 Å². The number of carbonyl (C=O) groups excluding carboxylic acids is 3. The average molecular weight is 488 g/mol. The van der Waals surface area contributed by atoms with Gasteiger partial charge < -0.3 is 4.74 Å². The Morgan fingerprint density at radius 3 is 2.49 bits per heavy atom. The lowest BCUT2D eigenvalue weighted by Gasteiger charge is -2.21. The summed E-state index contributed by atoms with van der Waals surface area (Å²) in [6.45, 7) is 3.54. The molecule has 0 spiro atoms. The Morgan fingerprint density at radius 2 is 1.74 bits per heavy atom. The maximum Gasteiger partial charge on any atom is 0.326 e. The highest BCUT2D eigenvalue weighted by Gasteiger charge is 2.32. The van der Waals surface area contributed by atoms with Crippen molar-refractivity contribution in [3.05, 3.63) is 88.4 Å². The van der Waals surface area contributed by atoms with Crippen molar-refractivity contribution in [1.29, 1.82) is 0 Å². The van der Waals surface area contributed by atoms with Gasteiger partial charge in [-0.25, -0.2) is 4.98 Å². The van der Waals surface area contributed by atoms with Crippen LogP contribution in [0.4, 0.5) is 5.13 Å². The normalized spacial score (nSPS) is 14.5. The number of carbonyl (C=O) groups is 3. The number of aromatic nitrogens is 1. The van der Waals surface area contributed by atoms with Crippen molar-refractivity contribution in [1.82, 2.24) is 9.88 Å². The number of esters is 1. The van der Waals surface area contributed by atoms with Gasteiger partial charge in [-0.3, -0.25) is 24.2 Å². The standard InChI is InChI=1S/C27H25N3O4S/c1-18-20-11-5-6-12-21(20)26(33)29(18)16-25(32)34-17-24(31)30(15-19-9-3-2-4-10-19)27-28-22-13-7-8-14-23(22)35-27/h2-6,9-12H,1,7-8,13-17H2. The Hall–Kier alpha value is -3.78. The van der Waals surface area contributed by atoms with Crippen LogP contribution >= 0.6 is 11.3 Å². The molecule has 2 aliphatic rings. The lowest BCUT2D eigenvalue weighted by atomic mass is 10.0. The van der Waals surface area contributed by atoms with Crippen molar-refractivity contribution in [2.24, 2.45) is 0 Å². The molecular weight excluding hydrogens is 462 g/mol. The number of benzene rings is 2. The van der Waals surface area contributed by atoms with Crippen molar-refractivity contribution in [3.8, 4) is 0 Å². The molecule has 0 fully saturated rings. The van der Waals surface area contributed by atoms with Crippen LogP contribution in [0, 0.1) is 0 Å². The molecule has 8 heteroatoms. The molecule has 2 aromatic carbocycles. The molecule has 0 saturated heterocycles. The van der Waals surface area contributed by atoms with Gasteiger partial charge in [0, 0.05) is 21.7 Å². The third-order valence-electron chi connectivity index (χ3n) is 6.23. The fourth-order valence-electron chi connectivity index (χ4n) is 4.38. The number of amides is 2. The molecule has 178 valence electrons. The summed E-state index contributed by atoms with van der Waals surface area (Å²) in [5.41, 5.74) is 3.67. The lowest BCUT2D eigenvalue weighted by molar-refractivity contribution is -0.147. The summed E-state index contributed by atoms with van der Waals surface area (Å²) >= 11 is 1.53. The zero-order valence-corrected chi connectivity index (χ0v) is 20.1. The summed E-state index contributed by atoms with van der Waals surface area (Å²) in [4.78, 5) is 47.3. The topological polar surface area (TPSA) is 79.8 Å². The summed E-state index contributed by atoms with van der Waals surface area (Å²) < 4.78 is 5.32. The van der Waals surface area contributed by atoms with E-state index in [1.165, 1.54) is 21.1 Å². The van der Waals surface area contributed by atoms with Crippen LogP contribution < -0.4 is 4.90 Å². The molecule has 1 aliphatic heterocycles. The maximum absolute atomic E-state index is 13.2. The van der Waals surface area contributed by atoms with Gasteiger partial charge in [-0.1, -0.05) is 55.1 Å². The largest absolute Gasteiger partial charge is 0.454 e. The van der Waals surface area contributed by atoms with E-state index >= 15 is 0 Å². The lowest BCUT2D eigenvalue weighted by Crippen LogP contribution is -2.36. The minimum absolute atomic E-state index is 0.298. The van der Waals surface area contributed by atoms with Crippen LogP contribution in [0.1, 0.15) is 44.9 Å². The third kappa shape index (κ3) is 4.74. The van der Waals surface area contributed by atoms with E-state index in [9.17, 15) is 14.4 Å². The van der Waals surface area contributed by atoms with Gasteiger partial charge >= 0.3 is 5.97 Å². The first-order chi connectivity index (χ1) is 17.0. The quantitative estimate of drug-likeness (QED) is 0.466. The number of hydrogen-bond donors (Lipinski definition) is 0. The molecule has 0 bridgehead atoms. The van der Waals surface area contributed by atoms with E-state index in [1.54, 1.807) is 23.1 Å². The van der Waals surface area contributed by atoms with Crippen LogP contribution in [-0.2, 0) is 33.7 Å². The highest BCUT2D eigenvalue weighted by Crippen LogP contribution is 2.33. The number of nitrogens with zero attached hydrogens (tertiary/aromatic N) is 3. The monoisotopic (exact) mass is 487 g/mol. The van der Waals surface area contributed by atoms with Crippen LogP contribution in [0.3, 0.4) is 0 Å². The highest BCUT2D eigenvalue weighted by molar-refractivity contribution is 7.15. The van der Waals surface area contributed by atoms with E-state index in [4.69, 9.17) is 9.72 Å². The first kappa shape index (κ1) is 23.0. The summed E-state index contributed by atoms with van der Waals surface area (Å²) in [5.74, 6) is -1.32. The van der Waals surface area contributed by atoms with Gasteiger partial charge in [-0.2, -0.15) is 0 Å². The Labute approximate surface area is 207 Å². The van der Waals surface area contributed by atoms with Gasteiger partial charge in [0.2, 0.25) is 0 Å². The number of anilines is 1. The Bertz CT molecular complexity index is 1240. The molecule has 35 heavy (non-hydrogen) atoms. The summed E-state index contributed by atoms with van der Waals surface area (Å²) in [6.07, 6.45) is 4.13. The van der Waals surface area contributed by atoms with Crippen LogP contribution in [0.25, 0.3) is 5.70 Å². The van der Waals surface area contributed by atoms with E-state index in [2.05, 4.69) is 6.58 Å². The second kappa shape index (κ2) is 9.84. The minimum Gasteiger partial charge on any atom is -0.454 e. The number of fused-ring (bicyclic) bond motifs is 2. The van der Waals surface area contributed by atoms with Crippen molar-refractivity contribution in [2.75, 3.05) is 18.1 Å². The molecule has 2 amide bonds. The summed E-state index contributed by atoms with van der Waals surface area (Å²) in [7, 11) is 0. The number of ether oxygens (including phenoxy) is 1. The predicted molar refractivity (Wildman–Crippen MR) is 134 cm³/mol. The molecule has 0 unspecified atom stereocenters. The molecule has 0 radical (unpaired) electrons. The van der Waals surface area contributed by atoms with E-state index in [0.29, 0.717) is 28.5 Å². The Morgan fingerprint density at radius 1 is 1.03 bits per heavy atom. The molecular formula is C27H25N3O4S. The number of aryl methyl sites for hydroxylation is 2. The highest BCUT2D eigenvalue weighted by atomic mass is 32.1. The molecule has 5 rings (SSSR count). The molecule has 2 heterocycles. The second-order valence-corrected chi connectivity index (χ2v) is 9.65. The van der Waals surface area contributed by atoms with Crippen molar-refractivity contribution in [2.45, 2.75) is 32.2 Å². The Kier molecular flexibility index (Phi) is 6.46. The molecule has 3 aromatic rings. The van der Waals surface area contributed by atoms with Crippen molar-refractivity contribution < 1.29 is 19.1 Å². The van der Waals surface area contributed by atoms with E-state index in [0.717, 1.165) is 36.9 Å². The third-order valence-corrected chi connectivity index (χ3v) is 7.41. The first-order valence-electron chi connectivity index (χ1n) is 11.6. The zero-order chi connectivity index (χ0) is 24.4. The van der Waals surface area contributed by atoms with Crippen molar-refractivity contribution >= 4 is 39.9 Å². The Balaban J connectivity index is 1.27. The van der Waals surface area contributed by atoms with Gasteiger partial charge in [0.1, 0.15) is 6.54 Å². The van der Waals surface area contributed by atoms with Gasteiger partial charge in [-0.15, -0.1) is 11.3 Å². The van der Waals surface area contributed by atoms with Crippen LogP contribution in [-0.4, -0.2) is 40.8 Å². The van der Waals surface area contributed by atoms with Gasteiger partial charge in [0.15, 0.2) is 11.7 Å². The predicted octanol–water partition coefficient (Wildman–Crippen LogP) is 4.23. The van der Waals surface area contributed by atoms with Gasteiger partial charge in [-0.05, 0) is 37.3 Å². The van der Waals surface area contributed by atoms with Crippen LogP contribution in [0.5, 0.6) is 0 Å². The van der Waals surface area contributed by atoms with Crippen molar-refractivity contribution in [3.63, 3.8) is 0 Å². The molecule has 1 aliphatic carbocycles. The minimum atomic E-state index is -0.668. The van der Waals surface area contributed by atoms with Crippen LogP contribution in [0.15, 0.2) is 61.2 Å². The maximum atomic E-state index is 13.2. The molecule has 1 aromatic heterocycles. The fourth-order valence-corrected chi connectivity index (χ4v) is 5.54. The number of rotatable bonds is 7. The molecule has 7 nitrogen and oxygen atoms in total. The molecule has 0 saturated carbocycles. The SMILES string of the molecule is C=C1c2ccccc2C(=O)N1CC(=O)OCC(=O)N(Cc1ccccc1)c1nc2c(s1)CCCC2. The smallest absolute Gasteiger partial charge is 0.326 e. The van der Waals surface area contributed by atoms with Crippen LogP contribution in [0.2, 0.25) is 0 Å². The zero-order valence-electron chi connectivity index (χ0n) is 19.2. The number of thiazole rings is 1. The number of hydrogen-bond acceptors (Lipinski definition) is 6. The van der Waals surface area contributed by atoms with E-state index in [-0.39, 0.29) is 18.4 Å². The summed E-state index contributed by atoms with van der Waals surface area (Å²) in [5, 5.41) is 0.625. The van der Waals surface area contributed by atoms with Gasteiger partial charge in [0.25, 0.3) is 11.8 Å². The second-order valence-electron chi connectivity index (χ2n) is 8.58. The first-order valence-corrected chi connectivity index (χ1v) is 12.4. The average Bonchev–Trinajstić information content (AvgIpc) is 3.42. The summed E-state index contributed by atoms with van der Waals surface area (Å²) in [6, 6.07) is 16.7. The van der Waals surface area contributed by atoms with E-state index in [1.807, 2.05) is 36.4 Å². The van der Waals surface area contributed by atoms with E-state index < -0.39 is 12.6 Å².